The van der Waals surface area contributed by atoms with E-state index in [0.717, 1.165) is 37.7 Å². The van der Waals surface area contributed by atoms with Gasteiger partial charge in [0.25, 0.3) is 0 Å². The van der Waals surface area contributed by atoms with E-state index < -0.39 is 0 Å². The topological polar surface area (TPSA) is 36.3 Å². The number of hydrogen-bond acceptors (Lipinski definition) is 3. The van der Waals surface area contributed by atoms with Crippen LogP contribution >= 0.6 is 12.2 Å². The maximum absolute atomic E-state index is 5.38. The fourth-order valence-electron chi connectivity index (χ4n) is 1.82. The van der Waals surface area contributed by atoms with Gasteiger partial charge in [0.2, 0.25) is 0 Å². The molecule has 1 heterocycles. The van der Waals surface area contributed by atoms with E-state index in [0.29, 0.717) is 0 Å². The summed E-state index contributed by atoms with van der Waals surface area (Å²) < 4.78 is 1.99. The molecule has 6 heteroatoms. The first kappa shape index (κ1) is 15.9. The lowest BCUT2D eigenvalue weighted by Crippen LogP contribution is -2.38. The second-order valence-electron chi connectivity index (χ2n) is 4.88. The van der Waals surface area contributed by atoms with Gasteiger partial charge in [-0.2, -0.15) is 5.10 Å². The number of nitrogens with zero attached hydrogens (tertiary/aromatic N) is 4. The van der Waals surface area contributed by atoms with Crippen LogP contribution in [0.5, 0.6) is 0 Å². The van der Waals surface area contributed by atoms with Gasteiger partial charge in [-0.05, 0) is 52.3 Å². The van der Waals surface area contributed by atoms with E-state index in [1.807, 2.05) is 28.9 Å². The zero-order chi connectivity index (χ0) is 14.3. The second-order valence-corrected chi connectivity index (χ2v) is 5.27. The monoisotopic (exact) mass is 283 g/mol. The quantitative estimate of drug-likeness (QED) is 0.600. The molecule has 0 unspecified atom stereocenters. The molecule has 1 aromatic heterocycles. The van der Waals surface area contributed by atoms with Crippen LogP contribution in [0.3, 0.4) is 0 Å². The smallest absolute Gasteiger partial charge is 0.169 e. The SMILES string of the molecule is CCn1nccc1CN(C)C(=S)NCCCN(C)C. The molecule has 1 aromatic rings. The zero-order valence-electron chi connectivity index (χ0n) is 12.4. The van der Waals surface area contributed by atoms with E-state index in [9.17, 15) is 0 Å². The molecule has 0 atom stereocenters. The summed E-state index contributed by atoms with van der Waals surface area (Å²) >= 11 is 5.38. The van der Waals surface area contributed by atoms with Crippen LogP contribution in [0.4, 0.5) is 0 Å². The van der Waals surface area contributed by atoms with Crippen molar-refractivity contribution in [3.8, 4) is 0 Å². The molecule has 0 bridgehead atoms. The molecule has 1 rings (SSSR count). The first-order valence-electron chi connectivity index (χ1n) is 6.69. The van der Waals surface area contributed by atoms with Crippen LogP contribution in [0.1, 0.15) is 19.0 Å². The van der Waals surface area contributed by atoms with Gasteiger partial charge in [-0.3, -0.25) is 4.68 Å². The minimum Gasteiger partial charge on any atom is -0.363 e. The Bertz CT molecular complexity index is 388. The first-order chi connectivity index (χ1) is 9.04. The molecular formula is C13H25N5S. The molecule has 0 aliphatic heterocycles. The lowest BCUT2D eigenvalue weighted by atomic mass is 10.4. The molecule has 0 aromatic carbocycles. The van der Waals surface area contributed by atoms with E-state index in [1.165, 1.54) is 5.69 Å². The summed E-state index contributed by atoms with van der Waals surface area (Å²) in [5.41, 5.74) is 1.18. The Morgan fingerprint density at radius 2 is 2.16 bits per heavy atom. The van der Waals surface area contributed by atoms with Crippen LogP contribution in [-0.4, -0.2) is 58.9 Å². The van der Waals surface area contributed by atoms with Crippen molar-refractivity contribution >= 4 is 17.3 Å². The van der Waals surface area contributed by atoms with E-state index in [1.54, 1.807) is 0 Å². The summed E-state index contributed by atoms with van der Waals surface area (Å²) in [5, 5.41) is 8.35. The van der Waals surface area contributed by atoms with Gasteiger partial charge < -0.3 is 15.1 Å². The van der Waals surface area contributed by atoms with E-state index in [-0.39, 0.29) is 0 Å². The third-order valence-electron chi connectivity index (χ3n) is 2.91. The highest BCUT2D eigenvalue weighted by atomic mass is 32.1. The average Bonchev–Trinajstić information content (AvgIpc) is 2.81. The van der Waals surface area contributed by atoms with E-state index in [2.05, 4.69) is 36.3 Å². The molecule has 0 aliphatic rings. The van der Waals surface area contributed by atoms with Gasteiger partial charge in [-0.25, -0.2) is 0 Å². The molecule has 108 valence electrons. The van der Waals surface area contributed by atoms with Gasteiger partial charge >= 0.3 is 0 Å². The Balaban J connectivity index is 2.32. The number of aromatic nitrogens is 2. The molecule has 0 saturated heterocycles. The molecule has 0 fully saturated rings. The minimum atomic E-state index is 0.785. The fourth-order valence-corrected chi connectivity index (χ4v) is 1.99. The van der Waals surface area contributed by atoms with Crippen LogP contribution in [0.15, 0.2) is 12.3 Å². The lowest BCUT2D eigenvalue weighted by molar-refractivity contribution is 0.396. The van der Waals surface area contributed by atoms with Crippen molar-refractivity contribution in [2.45, 2.75) is 26.4 Å². The van der Waals surface area contributed by atoms with Gasteiger partial charge in [-0.1, -0.05) is 0 Å². The standard InChI is InChI=1S/C13H25N5S/c1-5-18-12(7-9-15-18)11-17(4)13(19)14-8-6-10-16(2)3/h7,9H,5-6,8,10-11H2,1-4H3,(H,14,19). The molecule has 0 aliphatic carbocycles. The van der Waals surface area contributed by atoms with Gasteiger partial charge in [0.15, 0.2) is 5.11 Å². The highest BCUT2D eigenvalue weighted by molar-refractivity contribution is 7.80. The molecule has 0 radical (unpaired) electrons. The third kappa shape index (κ3) is 5.57. The van der Waals surface area contributed by atoms with Crippen molar-refractivity contribution in [3.05, 3.63) is 18.0 Å². The Labute approximate surface area is 121 Å². The highest BCUT2D eigenvalue weighted by Gasteiger charge is 2.07. The largest absolute Gasteiger partial charge is 0.363 e. The summed E-state index contributed by atoms with van der Waals surface area (Å²) in [6.45, 7) is 5.75. The Kier molecular flexibility index (Phi) is 6.80. The average molecular weight is 283 g/mol. The number of nitrogens with one attached hydrogen (secondary N) is 1. The van der Waals surface area contributed by atoms with Crippen molar-refractivity contribution in [2.75, 3.05) is 34.2 Å². The second kappa shape index (κ2) is 8.12. The first-order valence-corrected chi connectivity index (χ1v) is 7.09. The summed E-state index contributed by atoms with van der Waals surface area (Å²) in [6, 6.07) is 2.04. The summed E-state index contributed by atoms with van der Waals surface area (Å²) in [4.78, 5) is 4.22. The molecule has 0 amide bonds. The fraction of sp³-hybridized carbons (Fsp3) is 0.692. The van der Waals surface area contributed by atoms with Crippen molar-refractivity contribution < 1.29 is 0 Å². The third-order valence-corrected chi connectivity index (χ3v) is 3.36. The molecule has 0 spiro atoms. The molecular weight excluding hydrogens is 258 g/mol. The Morgan fingerprint density at radius 3 is 2.79 bits per heavy atom. The Morgan fingerprint density at radius 1 is 1.42 bits per heavy atom. The lowest BCUT2D eigenvalue weighted by Gasteiger charge is -2.21. The van der Waals surface area contributed by atoms with Crippen molar-refractivity contribution in [3.63, 3.8) is 0 Å². The maximum atomic E-state index is 5.38. The zero-order valence-corrected chi connectivity index (χ0v) is 13.2. The molecule has 5 nitrogen and oxygen atoms in total. The van der Waals surface area contributed by atoms with Crippen molar-refractivity contribution in [1.29, 1.82) is 0 Å². The predicted octanol–water partition coefficient (Wildman–Crippen LogP) is 1.16. The van der Waals surface area contributed by atoms with Gasteiger partial charge in [0.1, 0.15) is 0 Å². The predicted molar refractivity (Wildman–Crippen MR) is 83.1 cm³/mol. The van der Waals surface area contributed by atoms with Gasteiger partial charge in [0.05, 0.1) is 12.2 Å². The number of rotatable bonds is 7. The Hall–Kier alpha value is -1.14. The summed E-state index contributed by atoms with van der Waals surface area (Å²) in [7, 11) is 6.17. The number of hydrogen-bond donors (Lipinski definition) is 1. The van der Waals surface area contributed by atoms with Crippen LogP contribution in [0.2, 0.25) is 0 Å². The normalized spacial score (nSPS) is 10.8. The van der Waals surface area contributed by atoms with E-state index >= 15 is 0 Å². The van der Waals surface area contributed by atoms with Crippen molar-refractivity contribution in [2.24, 2.45) is 0 Å². The molecule has 0 saturated carbocycles. The minimum absolute atomic E-state index is 0.785. The van der Waals surface area contributed by atoms with Crippen molar-refractivity contribution in [1.82, 2.24) is 24.9 Å². The molecule has 19 heavy (non-hydrogen) atoms. The van der Waals surface area contributed by atoms with Gasteiger partial charge in [0, 0.05) is 26.3 Å². The maximum Gasteiger partial charge on any atom is 0.169 e. The number of aryl methyl sites for hydroxylation is 1. The summed E-state index contributed by atoms with van der Waals surface area (Å²) in [6.07, 6.45) is 2.92. The van der Waals surface area contributed by atoms with Crippen LogP contribution in [0.25, 0.3) is 0 Å². The van der Waals surface area contributed by atoms with Gasteiger partial charge in [-0.15, -0.1) is 0 Å². The van der Waals surface area contributed by atoms with E-state index in [4.69, 9.17) is 12.2 Å². The summed E-state index contributed by atoms with van der Waals surface area (Å²) in [5.74, 6) is 0. The van der Waals surface area contributed by atoms with Crippen LogP contribution in [0, 0.1) is 0 Å². The number of thiocarbonyl (C=S) groups is 1. The van der Waals surface area contributed by atoms with Crippen LogP contribution in [-0.2, 0) is 13.1 Å². The highest BCUT2D eigenvalue weighted by Crippen LogP contribution is 2.03. The molecule has 1 N–H and O–H groups in total. The van der Waals surface area contributed by atoms with Crippen LogP contribution < -0.4 is 5.32 Å².